The first-order chi connectivity index (χ1) is 9.86. The second-order valence-electron chi connectivity index (χ2n) is 6.92. The van der Waals surface area contributed by atoms with Gasteiger partial charge in [-0.25, -0.2) is 0 Å². The van der Waals surface area contributed by atoms with Crippen LogP contribution < -0.4 is 11.1 Å². The van der Waals surface area contributed by atoms with Gasteiger partial charge in [0.15, 0.2) is 5.82 Å². The van der Waals surface area contributed by atoms with Crippen molar-refractivity contribution in [3.8, 4) is 0 Å². The Morgan fingerprint density at radius 1 is 1.52 bits per heavy atom. The average Bonchev–Trinajstić information content (AvgIpc) is 2.83. The molecule has 1 saturated carbocycles. The summed E-state index contributed by atoms with van der Waals surface area (Å²) in [6, 6.07) is 2.11. The van der Waals surface area contributed by atoms with Gasteiger partial charge in [0.25, 0.3) is 0 Å². The summed E-state index contributed by atoms with van der Waals surface area (Å²) in [6.07, 6.45) is 3.76. The molecule has 118 valence electrons. The highest BCUT2D eigenvalue weighted by molar-refractivity contribution is 5.92. The fourth-order valence-electron chi connectivity index (χ4n) is 3.36. The number of aromatic amines is 1. The van der Waals surface area contributed by atoms with E-state index in [-0.39, 0.29) is 23.3 Å². The van der Waals surface area contributed by atoms with Crippen LogP contribution in [0.3, 0.4) is 0 Å². The lowest BCUT2D eigenvalue weighted by Gasteiger charge is -2.45. The van der Waals surface area contributed by atoms with E-state index in [2.05, 4.69) is 43.2 Å². The molecule has 1 aromatic heterocycles. The van der Waals surface area contributed by atoms with E-state index in [9.17, 15) is 4.79 Å². The van der Waals surface area contributed by atoms with Crippen LogP contribution in [0.4, 0.5) is 5.82 Å². The number of nitrogens with two attached hydrogens (primary N) is 1. The zero-order chi connectivity index (χ0) is 15.6. The lowest BCUT2D eigenvalue weighted by Crippen LogP contribution is -2.50. The number of amides is 1. The first-order valence-corrected chi connectivity index (χ1v) is 7.97. The van der Waals surface area contributed by atoms with E-state index in [1.807, 2.05) is 6.07 Å². The molecule has 21 heavy (non-hydrogen) atoms. The number of rotatable bonds is 4. The smallest absolute Gasteiger partial charge is 0.229 e. The molecule has 0 aliphatic heterocycles. The van der Waals surface area contributed by atoms with Gasteiger partial charge in [-0.1, -0.05) is 34.1 Å². The summed E-state index contributed by atoms with van der Waals surface area (Å²) < 4.78 is 0. The molecule has 1 aliphatic carbocycles. The van der Waals surface area contributed by atoms with Crippen LogP contribution in [-0.2, 0) is 11.2 Å². The molecular formula is C16H28N4O. The van der Waals surface area contributed by atoms with Crippen LogP contribution >= 0.6 is 0 Å². The van der Waals surface area contributed by atoms with Crippen LogP contribution in [0.25, 0.3) is 0 Å². The minimum atomic E-state index is -0.0930. The molecule has 4 N–H and O–H groups in total. The third-order valence-corrected chi connectivity index (χ3v) is 5.22. The fraction of sp³-hybridized carbons (Fsp3) is 0.750. The quantitative estimate of drug-likeness (QED) is 0.797. The highest BCUT2D eigenvalue weighted by Crippen LogP contribution is 2.44. The number of anilines is 1. The number of nitrogens with zero attached hydrogens (tertiary/aromatic N) is 1. The van der Waals surface area contributed by atoms with Gasteiger partial charge in [-0.15, -0.1) is 0 Å². The van der Waals surface area contributed by atoms with E-state index in [0.717, 1.165) is 31.4 Å². The van der Waals surface area contributed by atoms with Crippen molar-refractivity contribution in [2.75, 3.05) is 5.32 Å². The summed E-state index contributed by atoms with van der Waals surface area (Å²) in [7, 11) is 0. The standard InChI is InChI=1S/C16H28N4O/c1-5-6-11-9-14(20-19-11)18-15(21)12-7-8-13(17)10(2)16(12,3)4/h9-10,12-13H,5-8,17H2,1-4H3,(H2,18,19,20,21). The van der Waals surface area contributed by atoms with Gasteiger partial charge in [-0.3, -0.25) is 9.89 Å². The zero-order valence-corrected chi connectivity index (χ0v) is 13.6. The number of carbonyl (C=O) groups excluding carboxylic acids is 1. The Bertz CT molecular complexity index is 494. The minimum absolute atomic E-state index is 0.0152. The lowest BCUT2D eigenvalue weighted by atomic mass is 9.61. The summed E-state index contributed by atoms with van der Waals surface area (Å²) in [6.45, 7) is 8.56. The van der Waals surface area contributed by atoms with E-state index < -0.39 is 0 Å². The monoisotopic (exact) mass is 292 g/mol. The predicted molar refractivity (Wildman–Crippen MR) is 84.9 cm³/mol. The van der Waals surface area contributed by atoms with E-state index in [1.54, 1.807) is 0 Å². The molecule has 1 fully saturated rings. The summed E-state index contributed by atoms with van der Waals surface area (Å²) in [5, 5.41) is 10.1. The van der Waals surface area contributed by atoms with Gasteiger partial charge >= 0.3 is 0 Å². The van der Waals surface area contributed by atoms with Crippen LogP contribution in [0, 0.1) is 17.3 Å². The Morgan fingerprint density at radius 2 is 2.24 bits per heavy atom. The summed E-state index contributed by atoms with van der Waals surface area (Å²) in [4.78, 5) is 12.6. The van der Waals surface area contributed by atoms with E-state index in [4.69, 9.17) is 5.73 Å². The molecule has 5 heteroatoms. The Hall–Kier alpha value is -1.36. The van der Waals surface area contributed by atoms with Crippen molar-refractivity contribution in [3.63, 3.8) is 0 Å². The molecule has 0 aromatic carbocycles. The van der Waals surface area contributed by atoms with Crippen molar-refractivity contribution >= 4 is 11.7 Å². The third-order valence-electron chi connectivity index (χ3n) is 5.22. The molecule has 2 rings (SSSR count). The number of H-pyrrole nitrogens is 1. The normalized spacial score (nSPS) is 28.3. The van der Waals surface area contributed by atoms with Gasteiger partial charge in [0.2, 0.25) is 5.91 Å². The van der Waals surface area contributed by atoms with Crippen LogP contribution in [0.5, 0.6) is 0 Å². The number of aryl methyl sites for hydroxylation is 1. The fourth-order valence-corrected chi connectivity index (χ4v) is 3.36. The van der Waals surface area contributed by atoms with Gasteiger partial charge in [-0.2, -0.15) is 5.10 Å². The van der Waals surface area contributed by atoms with Crippen molar-refractivity contribution < 1.29 is 4.79 Å². The first-order valence-electron chi connectivity index (χ1n) is 7.97. The largest absolute Gasteiger partial charge is 0.327 e. The molecule has 5 nitrogen and oxygen atoms in total. The highest BCUT2D eigenvalue weighted by Gasteiger charge is 2.45. The van der Waals surface area contributed by atoms with Crippen molar-refractivity contribution in [2.45, 2.75) is 59.4 Å². The number of aromatic nitrogens is 2. The molecule has 1 aromatic rings. The minimum Gasteiger partial charge on any atom is -0.327 e. The van der Waals surface area contributed by atoms with Gasteiger partial charge in [-0.05, 0) is 30.6 Å². The van der Waals surface area contributed by atoms with E-state index in [1.165, 1.54) is 0 Å². The molecule has 0 saturated heterocycles. The average molecular weight is 292 g/mol. The number of nitrogens with one attached hydrogen (secondary N) is 2. The molecular weight excluding hydrogens is 264 g/mol. The van der Waals surface area contributed by atoms with E-state index in [0.29, 0.717) is 11.7 Å². The molecule has 0 spiro atoms. The Balaban J connectivity index is 2.05. The van der Waals surface area contributed by atoms with Crippen LogP contribution in [-0.4, -0.2) is 22.1 Å². The molecule has 0 radical (unpaired) electrons. The summed E-state index contributed by atoms with van der Waals surface area (Å²) in [5.41, 5.74) is 7.12. The molecule has 3 atom stereocenters. The van der Waals surface area contributed by atoms with Crippen molar-refractivity contribution in [3.05, 3.63) is 11.8 Å². The SMILES string of the molecule is CCCc1cc(NC(=O)C2CCC(N)C(C)C2(C)C)n[nH]1. The zero-order valence-electron chi connectivity index (χ0n) is 13.6. The third kappa shape index (κ3) is 3.28. The maximum absolute atomic E-state index is 12.6. The first kappa shape index (κ1) is 16.0. The molecule has 1 heterocycles. The van der Waals surface area contributed by atoms with Crippen molar-refractivity contribution in [1.82, 2.24) is 10.2 Å². The molecule has 1 aliphatic rings. The molecule has 0 bridgehead atoms. The predicted octanol–water partition coefficient (Wildman–Crippen LogP) is 2.70. The highest BCUT2D eigenvalue weighted by atomic mass is 16.2. The van der Waals surface area contributed by atoms with Crippen LogP contribution in [0.15, 0.2) is 6.07 Å². The second-order valence-corrected chi connectivity index (χ2v) is 6.92. The van der Waals surface area contributed by atoms with Gasteiger partial charge in [0, 0.05) is 23.7 Å². The second kappa shape index (κ2) is 6.18. The molecule has 3 unspecified atom stereocenters. The maximum atomic E-state index is 12.6. The van der Waals surface area contributed by atoms with E-state index >= 15 is 0 Å². The summed E-state index contributed by atoms with van der Waals surface area (Å²) >= 11 is 0. The number of hydrogen-bond acceptors (Lipinski definition) is 3. The Kier molecular flexibility index (Phi) is 4.71. The van der Waals surface area contributed by atoms with Crippen LogP contribution in [0.1, 0.15) is 52.7 Å². The molecule has 1 amide bonds. The Morgan fingerprint density at radius 3 is 2.90 bits per heavy atom. The topological polar surface area (TPSA) is 83.8 Å². The Labute approximate surface area is 127 Å². The maximum Gasteiger partial charge on any atom is 0.229 e. The summed E-state index contributed by atoms with van der Waals surface area (Å²) in [5.74, 6) is 1.01. The van der Waals surface area contributed by atoms with Gasteiger partial charge in [0.1, 0.15) is 0 Å². The van der Waals surface area contributed by atoms with Crippen molar-refractivity contribution in [2.24, 2.45) is 23.0 Å². The van der Waals surface area contributed by atoms with Gasteiger partial charge in [0.05, 0.1) is 0 Å². The van der Waals surface area contributed by atoms with Crippen LogP contribution in [0.2, 0.25) is 0 Å². The van der Waals surface area contributed by atoms with Gasteiger partial charge < -0.3 is 11.1 Å². The lowest BCUT2D eigenvalue weighted by molar-refractivity contribution is -0.127. The number of hydrogen-bond donors (Lipinski definition) is 3. The van der Waals surface area contributed by atoms with Crippen molar-refractivity contribution in [1.29, 1.82) is 0 Å². The number of carbonyl (C=O) groups is 1.